The Morgan fingerprint density at radius 3 is 2.88 bits per heavy atom. The van der Waals surface area contributed by atoms with Crippen LogP contribution in [0.2, 0.25) is 0 Å². The first-order valence-corrected chi connectivity index (χ1v) is 8.34. The zero-order chi connectivity index (χ0) is 17.4. The predicted molar refractivity (Wildman–Crippen MR) is 102 cm³/mol. The molecule has 2 aromatic heterocycles. The molecule has 136 valence electrons. The molecule has 3 aromatic rings. The summed E-state index contributed by atoms with van der Waals surface area (Å²) >= 11 is 0. The zero-order valence-electron chi connectivity index (χ0n) is 14.7. The van der Waals surface area contributed by atoms with Gasteiger partial charge >= 0.3 is 0 Å². The van der Waals surface area contributed by atoms with Gasteiger partial charge in [0.25, 0.3) is 5.91 Å². The van der Waals surface area contributed by atoms with E-state index < -0.39 is 0 Å². The van der Waals surface area contributed by atoms with E-state index >= 15 is 0 Å². The van der Waals surface area contributed by atoms with Gasteiger partial charge in [0.15, 0.2) is 5.69 Å². The van der Waals surface area contributed by atoms with Crippen molar-refractivity contribution in [1.29, 1.82) is 0 Å². The molecule has 8 heteroatoms. The third-order valence-corrected chi connectivity index (χ3v) is 4.38. The topological polar surface area (TPSA) is 87.6 Å². The minimum atomic E-state index is -0.202. The minimum absolute atomic E-state index is 0. The maximum atomic E-state index is 12.6. The lowest BCUT2D eigenvalue weighted by molar-refractivity contribution is 0.102. The van der Waals surface area contributed by atoms with Crippen molar-refractivity contribution in [2.24, 2.45) is 0 Å². The molecule has 0 radical (unpaired) electrons. The van der Waals surface area contributed by atoms with Crippen LogP contribution in [0, 0.1) is 13.8 Å². The van der Waals surface area contributed by atoms with Crippen LogP contribution in [0.15, 0.2) is 30.3 Å². The lowest BCUT2D eigenvalue weighted by Gasteiger charge is -2.13. The molecule has 0 unspecified atom stereocenters. The Morgan fingerprint density at radius 2 is 2.12 bits per heavy atom. The number of amides is 1. The van der Waals surface area contributed by atoms with Gasteiger partial charge in [0.05, 0.1) is 11.4 Å². The number of benzene rings is 1. The summed E-state index contributed by atoms with van der Waals surface area (Å²) in [4.78, 5) is 12.6. The van der Waals surface area contributed by atoms with E-state index in [0.29, 0.717) is 12.2 Å². The van der Waals surface area contributed by atoms with Crippen LogP contribution in [0.4, 0.5) is 5.69 Å². The average molecular weight is 373 g/mol. The lowest BCUT2D eigenvalue weighted by atomic mass is 10.1. The number of aromatic nitrogens is 4. The van der Waals surface area contributed by atoms with Crippen molar-refractivity contribution in [3.8, 4) is 5.69 Å². The van der Waals surface area contributed by atoms with Crippen molar-refractivity contribution in [3.63, 3.8) is 0 Å². The third kappa shape index (κ3) is 3.36. The molecule has 1 amide bonds. The van der Waals surface area contributed by atoms with Crippen LogP contribution in [0.25, 0.3) is 5.69 Å². The summed E-state index contributed by atoms with van der Waals surface area (Å²) in [6.45, 7) is 5.54. The SMILES string of the molecule is Cc1cc(C)n(-c2cccc(NC(=O)c3n[nH]c4c3CNCC4)c2)n1.Cl. The van der Waals surface area contributed by atoms with Gasteiger partial charge in [-0.2, -0.15) is 10.2 Å². The van der Waals surface area contributed by atoms with Gasteiger partial charge in [-0.15, -0.1) is 12.4 Å². The molecule has 0 atom stereocenters. The van der Waals surface area contributed by atoms with Crippen LogP contribution in [-0.4, -0.2) is 32.4 Å². The highest BCUT2D eigenvalue weighted by Gasteiger charge is 2.21. The molecule has 1 aliphatic rings. The number of H-pyrrole nitrogens is 1. The molecule has 3 N–H and O–H groups in total. The number of nitrogens with zero attached hydrogens (tertiary/aromatic N) is 3. The summed E-state index contributed by atoms with van der Waals surface area (Å²) in [6.07, 6.45) is 0.864. The quantitative estimate of drug-likeness (QED) is 0.659. The highest BCUT2D eigenvalue weighted by molar-refractivity contribution is 6.04. The monoisotopic (exact) mass is 372 g/mol. The number of anilines is 1. The first-order chi connectivity index (χ1) is 12.1. The maximum absolute atomic E-state index is 12.6. The Labute approximate surface area is 157 Å². The van der Waals surface area contributed by atoms with Crippen LogP contribution in [0.5, 0.6) is 0 Å². The van der Waals surface area contributed by atoms with Crippen LogP contribution < -0.4 is 10.6 Å². The van der Waals surface area contributed by atoms with Crippen LogP contribution in [0.1, 0.15) is 33.1 Å². The molecule has 0 saturated heterocycles. The summed E-state index contributed by atoms with van der Waals surface area (Å²) in [5.74, 6) is -0.202. The summed E-state index contributed by atoms with van der Waals surface area (Å²) in [7, 11) is 0. The van der Waals surface area contributed by atoms with E-state index in [9.17, 15) is 4.79 Å². The second-order valence-electron chi connectivity index (χ2n) is 6.30. The van der Waals surface area contributed by atoms with Crippen molar-refractivity contribution in [3.05, 3.63) is 58.7 Å². The number of aromatic amines is 1. The Hall–Kier alpha value is -2.64. The normalized spacial score (nSPS) is 13.0. The molecule has 7 nitrogen and oxygen atoms in total. The third-order valence-electron chi connectivity index (χ3n) is 4.38. The minimum Gasteiger partial charge on any atom is -0.321 e. The number of nitrogens with one attached hydrogen (secondary N) is 3. The summed E-state index contributed by atoms with van der Waals surface area (Å²) in [5, 5.41) is 17.9. The van der Waals surface area contributed by atoms with E-state index in [1.807, 2.05) is 48.9 Å². The standard InChI is InChI=1S/C18H20N6O.ClH/c1-11-8-12(2)24(23-11)14-5-3-4-13(9-14)20-18(25)17-15-10-19-7-6-16(15)21-22-17;/h3-5,8-9,19H,6-7,10H2,1-2H3,(H,20,25)(H,21,22);1H. The molecule has 0 spiro atoms. The van der Waals surface area contributed by atoms with E-state index in [2.05, 4.69) is 25.9 Å². The number of halogens is 1. The Balaban J connectivity index is 0.00000196. The maximum Gasteiger partial charge on any atom is 0.276 e. The number of carbonyl (C=O) groups is 1. The fourth-order valence-corrected chi connectivity index (χ4v) is 3.21. The molecule has 1 aromatic carbocycles. The van der Waals surface area contributed by atoms with Gasteiger partial charge in [-0.3, -0.25) is 9.89 Å². The van der Waals surface area contributed by atoms with E-state index in [4.69, 9.17) is 0 Å². The summed E-state index contributed by atoms with van der Waals surface area (Å²) in [6, 6.07) is 9.67. The van der Waals surface area contributed by atoms with Gasteiger partial charge in [0.2, 0.25) is 0 Å². The Morgan fingerprint density at radius 1 is 1.27 bits per heavy atom. The van der Waals surface area contributed by atoms with E-state index in [0.717, 1.165) is 47.0 Å². The number of fused-ring (bicyclic) bond motifs is 1. The molecule has 3 heterocycles. The molecule has 0 fully saturated rings. The highest BCUT2D eigenvalue weighted by atomic mass is 35.5. The Bertz CT molecular complexity index is 945. The first kappa shape index (κ1) is 18.2. The number of hydrogen-bond donors (Lipinski definition) is 3. The molecule has 4 rings (SSSR count). The van der Waals surface area contributed by atoms with Crippen molar-refractivity contribution in [1.82, 2.24) is 25.3 Å². The second kappa shape index (κ2) is 7.31. The van der Waals surface area contributed by atoms with Crippen molar-refractivity contribution < 1.29 is 4.79 Å². The van der Waals surface area contributed by atoms with Gasteiger partial charge < -0.3 is 10.6 Å². The first-order valence-electron chi connectivity index (χ1n) is 8.34. The van der Waals surface area contributed by atoms with E-state index in [-0.39, 0.29) is 18.3 Å². The van der Waals surface area contributed by atoms with Gasteiger partial charge in [-0.1, -0.05) is 6.07 Å². The number of rotatable bonds is 3. The zero-order valence-corrected chi connectivity index (χ0v) is 15.5. The summed E-state index contributed by atoms with van der Waals surface area (Å²) < 4.78 is 1.87. The van der Waals surface area contributed by atoms with Gasteiger partial charge in [-0.25, -0.2) is 4.68 Å². The Kier molecular flexibility index (Phi) is 5.11. The smallest absolute Gasteiger partial charge is 0.276 e. The van der Waals surface area contributed by atoms with Crippen molar-refractivity contribution >= 4 is 24.0 Å². The fourth-order valence-electron chi connectivity index (χ4n) is 3.21. The fraction of sp³-hybridized carbons (Fsp3) is 0.278. The molecule has 1 aliphatic heterocycles. The lowest BCUT2D eigenvalue weighted by Crippen LogP contribution is -2.25. The van der Waals surface area contributed by atoms with Crippen LogP contribution in [-0.2, 0) is 13.0 Å². The predicted octanol–water partition coefficient (Wildman–Crippen LogP) is 2.53. The molecule has 0 aliphatic carbocycles. The largest absolute Gasteiger partial charge is 0.321 e. The molecule has 26 heavy (non-hydrogen) atoms. The number of hydrogen-bond acceptors (Lipinski definition) is 4. The molecule has 0 bridgehead atoms. The van der Waals surface area contributed by atoms with Crippen molar-refractivity contribution in [2.45, 2.75) is 26.8 Å². The summed E-state index contributed by atoms with van der Waals surface area (Å²) in [5.41, 5.74) is 6.10. The van der Waals surface area contributed by atoms with Gasteiger partial charge in [0.1, 0.15) is 0 Å². The second-order valence-corrected chi connectivity index (χ2v) is 6.30. The van der Waals surface area contributed by atoms with E-state index in [1.54, 1.807) is 0 Å². The van der Waals surface area contributed by atoms with Gasteiger partial charge in [0, 0.05) is 42.1 Å². The highest BCUT2D eigenvalue weighted by Crippen LogP contribution is 2.19. The molecule has 0 saturated carbocycles. The van der Waals surface area contributed by atoms with E-state index in [1.165, 1.54) is 0 Å². The average Bonchev–Trinajstić information content (AvgIpc) is 3.18. The van der Waals surface area contributed by atoms with Crippen LogP contribution >= 0.6 is 12.4 Å². The van der Waals surface area contributed by atoms with Gasteiger partial charge in [-0.05, 0) is 38.1 Å². The molecular formula is C18H21ClN6O. The van der Waals surface area contributed by atoms with Crippen molar-refractivity contribution in [2.75, 3.05) is 11.9 Å². The van der Waals surface area contributed by atoms with Crippen LogP contribution in [0.3, 0.4) is 0 Å². The number of carbonyl (C=O) groups excluding carboxylic acids is 1. The molecular weight excluding hydrogens is 352 g/mol. The number of aryl methyl sites for hydroxylation is 2.